The van der Waals surface area contributed by atoms with Crippen molar-refractivity contribution in [2.24, 2.45) is 0 Å². The first-order valence-corrected chi connectivity index (χ1v) is 26.8. The van der Waals surface area contributed by atoms with Gasteiger partial charge >= 0.3 is 0 Å². The van der Waals surface area contributed by atoms with Gasteiger partial charge in [-0.15, -0.1) is 0 Å². The number of hydrogen-bond acceptors (Lipinski definition) is 4. The van der Waals surface area contributed by atoms with E-state index in [1.807, 2.05) is 0 Å². The van der Waals surface area contributed by atoms with Crippen molar-refractivity contribution in [3.8, 4) is 11.5 Å². The highest BCUT2D eigenvalue weighted by molar-refractivity contribution is 8.03. The van der Waals surface area contributed by atoms with Gasteiger partial charge in [0.05, 0.1) is 16.1 Å². The van der Waals surface area contributed by atoms with E-state index in [4.69, 9.17) is 0 Å². The van der Waals surface area contributed by atoms with Crippen molar-refractivity contribution in [1.29, 1.82) is 0 Å². The normalized spacial score (nSPS) is 19.2. The van der Waals surface area contributed by atoms with Gasteiger partial charge in [0.25, 0.3) is 0 Å². The molecule has 272 valence electrons. The van der Waals surface area contributed by atoms with Crippen molar-refractivity contribution in [3.63, 3.8) is 0 Å². The standard InChI is InChI=1S/C42H72O2S2Si2/c1-39(2,3)31-23-29(37(43)35(25-31)47(13,14)41(7,8)9)27-45-33-21-19-17-18-20-22-34(33)46-28-30-24-32(40(4,5)6)26-36(38(30)44)48(15,16)42(10,11)12/h23-26,33-34,43-44H,17-22,27-28H2,1-16H3/t33-,34-/m0/s1. The molecule has 2 atom stereocenters. The third-order valence-electron chi connectivity index (χ3n) is 12.3. The molecule has 2 aromatic rings. The number of thioether (sulfide) groups is 2. The fraction of sp³-hybridized carbons (Fsp3) is 0.714. The fourth-order valence-corrected chi connectivity index (χ4v) is 13.6. The minimum absolute atomic E-state index is 0.0235. The molecule has 0 aliphatic heterocycles. The summed E-state index contributed by atoms with van der Waals surface area (Å²) in [4.78, 5) is 0. The summed E-state index contributed by atoms with van der Waals surface area (Å²) in [6.07, 6.45) is 7.63. The highest BCUT2D eigenvalue weighted by atomic mass is 32.2. The second-order valence-electron chi connectivity index (χ2n) is 20.0. The van der Waals surface area contributed by atoms with Gasteiger partial charge in [0, 0.05) is 33.1 Å². The third kappa shape index (κ3) is 9.53. The second kappa shape index (κ2) is 15.0. The SMILES string of the molecule is CC(C)(C)c1cc(CS[C@H]2CCCCCC[C@@H]2SCc2cc(C(C)(C)C)cc([Si](C)(C)C(C)(C)C)c2O)c(O)c([Si](C)(C)C(C)(C)C)c1. The first-order chi connectivity index (χ1) is 21.7. The van der Waals surface area contributed by atoms with Crippen LogP contribution in [0.25, 0.3) is 0 Å². The maximum atomic E-state index is 11.9. The molecular weight excluding hydrogens is 657 g/mol. The van der Waals surface area contributed by atoms with Crippen molar-refractivity contribution in [2.75, 3.05) is 0 Å². The number of rotatable bonds is 8. The number of hydrogen-bond donors (Lipinski definition) is 2. The van der Waals surface area contributed by atoms with Crippen LogP contribution in [0.3, 0.4) is 0 Å². The van der Waals surface area contributed by atoms with Crippen molar-refractivity contribution in [2.45, 2.75) is 191 Å². The number of benzene rings is 2. The van der Waals surface area contributed by atoms with Gasteiger partial charge in [-0.1, -0.05) is 159 Å². The lowest BCUT2D eigenvalue weighted by atomic mass is 9.86. The quantitative estimate of drug-likeness (QED) is 0.266. The molecule has 0 spiro atoms. The molecule has 1 aliphatic rings. The summed E-state index contributed by atoms with van der Waals surface area (Å²) in [5.41, 5.74) is 4.96. The van der Waals surface area contributed by atoms with E-state index < -0.39 is 16.1 Å². The van der Waals surface area contributed by atoms with Crippen LogP contribution in [0.5, 0.6) is 11.5 Å². The minimum atomic E-state index is -1.95. The van der Waals surface area contributed by atoms with E-state index in [0.717, 1.165) is 22.6 Å². The molecular formula is C42H72O2S2Si2. The Labute approximate surface area is 307 Å². The Bertz CT molecular complexity index is 1290. The van der Waals surface area contributed by atoms with E-state index in [9.17, 15) is 10.2 Å². The van der Waals surface area contributed by atoms with Gasteiger partial charge in [0.1, 0.15) is 11.5 Å². The van der Waals surface area contributed by atoms with Gasteiger partial charge in [-0.05, 0) is 55.2 Å². The monoisotopic (exact) mass is 728 g/mol. The Balaban J connectivity index is 1.98. The smallest absolute Gasteiger partial charge is 0.118 e. The lowest BCUT2D eigenvalue weighted by Crippen LogP contribution is -2.50. The van der Waals surface area contributed by atoms with E-state index in [1.165, 1.54) is 60.0 Å². The van der Waals surface area contributed by atoms with Gasteiger partial charge in [-0.25, -0.2) is 0 Å². The molecule has 0 aromatic heterocycles. The van der Waals surface area contributed by atoms with E-state index >= 15 is 0 Å². The van der Waals surface area contributed by atoms with Gasteiger partial charge in [0.2, 0.25) is 0 Å². The molecule has 0 heterocycles. The molecule has 2 nitrogen and oxygen atoms in total. The maximum absolute atomic E-state index is 11.9. The molecule has 0 unspecified atom stereocenters. The zero-order chi connectivity index (χ0) is 36.7. The topological polar surface area (TPSA) is 40.5 Å². The summed E-state index contributed by atoms with van der Waals surface area (Å²) in [5.74, 6) is 2.80. The van der Waals surface area contributed by atoms with Crippen LogP contribution in [-0.4, -0.2) is 36.9 Å². The highest BCUT2D eigenvalue weighted by Crippen LogP contribution is 2.44. The molecule has 48 heavy (non-hydrogen) atoms. The number of phenols is 2. The summed E-state index contributed by atoms with van der Waals surface area (Å²) < 4.78 is 0. The van der Waals surface area contributed by atoms with Gasteiger partial charge in [0.15, 0.2) is 0 Å². The van der Waals surface area contributed by atoms with Crippen molar-refractivity contribution >= 4 is 50.0 Å². The zero-order valence-electron chi connectivity index (χ0n) is 33.8. The van der Waals surface area contributed by atoms with E-state index in [1.54, 1.807) is 0 Å². The Morgan fingerprint density at radius 3 is 1.12 bits per heavy atom. The van der Waals surface area contributed by atoms with Gasteiger partial charge in [-0.2, -0.15) is 23.5 Å². The van der Waals surface area contributed by atoms with Crippen LogP contribution in [0.15, 0.2) is 24.3 Å². The van der Waals surface area contributed by atoms with Crippen LogP contribution < -0.4 is 10.4 Å². The Morgan fingerprint density at radius 1 is 0.542 bits per heavy atom. The van der Waals surface area contributed by atoms with Crippen LogP contribution in [0.1, 0.15) is 144 Å². The highest BCUT2D eigenvalue weighted by Gasteiger charge is 2.41. The molecule has 2 aromatic carbocycles. The number of phenolic OH excluding ortho intramolecular Hbond substituents is 2. The Kier molecular flexibility index (Phi) is 13.0. The summed E-state index contributed by atoms with van der Waals surface area (Å²) in [6.45, 7) is 37.6. The number of aromatic hydroxyl groups is 2. The van der Waals surface area contributed by atoms with Crippen LogP contribution in [0.4, 0.5) is 0 Å². The molecule has 0 radical (unpaired) electrons. The lowest BCUT2D eigenvalue weighted by molar-refractivity contribution is 0.471. The molecule has 3 rings (SSSR count). The fourth-order valence-electron chi connectivity index (χ4n) is 6.43. The minimum Gasteiger partial charge on any atom is -0.508 e. The predicted octanol–water partition coefficient (Wildman–Crippen LogP) is 12.4. The Hall–Kier alpha value is -0.826. The summed E-state index contributed by atoms with van der Waals surface area (Å²) >= 11 is 4.16. The molecule has 0 saturated heterocycles. The van der Waals surface area contributed by atoms with Crippen LogP contribution in [0.2, 0.25) is 36.3 Å². The van der Waals surface area contributed by atoms with Gasteiger partial charge in [-0.3, -0.25) is 0 Å². The lowest BCUT2D eigenvalue weighted by Gasteiger charge is -2.39. The molecule has 1 fully saturated rings. The summed E-state index contributed by atoms with van der Waals surface area (Å²) in [5, 5.41) is 27.6. The van der Waals surface area contributed by atoms with E-state index in [-0.39, 0.29) is 20.9 Å². The van der Waals surface area contributed by atoms with Crippen LogP contribution in [-0.2, 0) is 22.3 Å². The molecule has 0 amide bonds. The van der Waals surface area contributed by atoms with Crippen LogP contribution >= 0.6 is 23.5 Å². The van der Waals surface area contributed by atoms with Crippen molar-refractivity contribution in [1.82, 2.24) is 0 Å². The average Bonchev–Trinajstić information content (AvgIpc) is 2.90. The third-order valence-corrected chi connectivity index (χ3v) is 26.3. The van der Waals surface area contributed by atoms with Crippen molar-refractivity contribution in [3.05, 3.63) is 46.5 Å². The first kappa shape index (κ1) is 41.6. The van der Waals surface area contributed by atoms with Crippen molar-refractivity contribution < 1.29 is 10.2 Å². The van der Waals surface area contributed by atoms with Gasteiger partial charge < -0.3 is 10.2 Å². The largest absolute Gasteiger partial charge is 0.508 e. The summed E-state index contributed by atoms with van der Waals surface area (Å²) in [7, 11) is -3.90. The molecule has 1 aliphatic carbocycles. The van der Waals surface area contributed by atoms with Crippen LogP contribution in [0, 0.1) is 0 Å². The van der Waals surface area contributed by atoms with E-state index in [0.29, 0.717) is 22.0 Å². The molecule has 6 heteroatoms. The average molecular weight is 729 g/mol. The predicted molar refractivity (Wildman–Crippen MR) is 225 cm³/mol. The molecule has 2 N–H and O–H groups in total. The maximum Gasteiger partial charge on any atom is 0.118 e. The molecule has 0 bridgehead atoms. The molecule has 1 saturated carbocycles. The zero-order valence-corrected chi connectivity index (χ0v) is 37.5. The second-order valence-corrected chi connectivity index (χ2v) is 33.0. The van der Waals surface area contributed by atoms with E-state index in [2.05, 4.69) is 157 Å². The summed E-state index contributed by atoms with van der Waals surface area (Å²) in [6, 6.07) is 9.29. The first-order valence-electron chi connectivity index (χ1n) is 18.7. The Morgan fingerprint density at radius 2 is 0.854 bits per heavy atom.